The minimum atomic E-state index is 0.384. The van der Waals surface area contributed by atoms with E-state index in [0.29, 0.717) is 18.2 Å². The molecule has 0 bridgehead atoms. The SMILES string of the molecule is CC1CCc2c(ccc(-c3cnn(C4CCNCC4)c3)c2OC2CCC2)N1C. The van der Waals surface area contributed by atoms with Gasteiger partial charge in [-0.2, -0.15) is 5.10 Å². The average molecular weight is 381 g/mol. The van der Waals surface area contributed by atoms with Crippen LogP contribution in [0.25, 0.3) is 11.1 Å². The first-order chi connectivity index (χ1) is 13.7. The van der Waals surface area contributed by atoms with E-state index in [1.165, 1.54) is 48.1 Å². The predicted molar refractivity (Wildman–Crippen MR) is 113 cm³/mol. The third-order valence-electron chi connectivity index (χ3n) is 7.02. The Hall–Kier alpha value is -2.01. The highest BCUT2D eigenvalue weighted by Crippen LogP contribution is 2.44. The number of benzene rings is 1. The normalized spacial score (nSPS) is 23.4. The number of rotatable bonds is 4. The lowest BCUT2D eigenvalue weighted by molar-refractivity contribution is 0.119. The lowest BCUT2D eigenvalue weighted by Gasteiger charge is -2.37. The van der Waals surface area contributed by atoms with Crippen molar-refractivity contribution in [1.29, 1.82) is 0 Å². The van der Waals surface area contributed by atoms with Crippen molar-refractivity contribution in [3.8, 4) is 16.9 Å². The summed E-state index contributed by atoms with van der Waals surface area (Å²) < 4.78 is 8.78. The van der Waals surface area contributed by atoms with Crippen LogP contribution in [-0.2, 0) is 6.42 Å². The summed E-state index contributed by atoms with van der Waals surface area (Å²) in [4.78, 5) is 2.41. The molecule has 1 aliphatic carbocycles. The number of nitrogens with zero attached hydrogens (tertiary/aromatic N) is 3. The summed E-state index contributed by atoms with van der Waals surface area (Å²) in [6.07, 6.45) is 12.9. The van der Waals surface area contributed by atoms with Gasteiger partial charge in [-0.1, -0.05) is 0 Å². The molecule has 2 aliphatic heterocycles. The van der Waals surface area contributed by atoms with Gasteiger partial charge in [-0.25, -0.2) is 0 Å². The van der Waals surface area contributed by atoms with Crippen molar-refractivity contribution in [1.82, 2.24) is 15.1 Å². The van der Waals surface area contributed by atoms with Crippen LogP contribution in [0.4, 0.5) is 5.69 Å². The zero-order valence-corrected chi connectivity index (χ0v) is 17.2. The van der Waals surface area contributed by atoms with Crippen LogP contribution in [0.15, 0.2) is 24.5 Å². The third-order valence-corrected chi connectivity index (χ3v) is 7.02. The summed E-state index contributed by atoms with van der Waals surface area (Å²) in [7, 11) is 2.21. The molecule has 5 nitrogen and oxygen atoms in total. The molecule has 1 aromatic heterocycles. The monoisotopic (exact) mass is 380 g/mol. The Labute approximate surface area is 168 Å². The number of fused-ring (bicyclic) bond motifs is 1. The van der Waals surface area contributed by atoms with Gasteiger partial charge in [0.2, 0.25) is 0 Å². The van der Waals surface area contributed by atoms with E-state index in [1.54, 1.807) is 0 Å². The van der Waals surface area contributed by atoms with Crippen molar-refractivity contribution in [2.75, 3.05) is 25.0 Å². The molecular weight excluding hydrogens is 348 g/mol. The maximum absolute atomic E-state index is 6.60. The van der Waals surface area contributed by atoms with E-state index in [-0.39, 0.29) is 0 Å². The second-order valence-corrected chi connectivity index (χ2v) is 8.80. The van der Waals surface area contributed by atoms with Crippen LogP contribution in [0.2, 0.25) is 0 Å². The molecule has 1 saturated heterocycles. The summed E-state index contributed by atoms with van der Waals surface area (Å²) in [6.45, 7) is 4.48. The van der Waals surface area contributed by atoms with Crippen LogP contribution in [0.3, 0.4) is 0 Å². The van der Waals surface area contributed by atoms with Crippen molar-refractivity contribution in [2.24, 2.45) is 0 Å². The van der Waals surface area contributed by atoms with E-state index in [2.05, 4.69) is 47.2 Å². The molecule has 1 saturated carbocycles. The molecule has 0 amide bonds. The molecule has 1 aromatic carbocycles. The highest BCUT2D eigenvalue weighted by molar-refractivity contribution is 5.77. The van der Waals surface area contributed by atoms with Gasteiger partial charge in [-0.3, -0.25) is 4.68 Å². The minimum absolute atomic E-state index is 0.384. The Balaban J connectivity index is 1.52. The smallest absolute Gasteiger partial charge is 0.132 e. The number of hydrogen-bond acceptors (Lipinski definition) is 4. The fourth-order valence-electron chi connectivity index (χ4n) is 4.74. The van der Waals surface area contributed by atoms with Crippen molar-refractivity contribution in [3.63, 3.8) is 0 Å². The predicted octanol–water partition coefficient (Wildman–Crippen LogP) is 4.18. The van der Waals surface area contributed by atoms with E-state index in [0.717, 1.165) is 38.1 Å². The number of ether oxygens (including phenoxy) is 1. The quantitative estimate of drug-likeness (QED) is 0.864. The second kappa shape index (κ2) is 7.43. The molecule has 0 radical (unpaired) electrons. The first-order valence-electron chi connectivity index (χ1n) is 11.0. The number of aromatic nitrogens is 2. The zero-order chi connectivity index (χ0) is 19.1. The van der Waals surface area contributed by atoms with Gasteiger partial charge in [0, 0.05) is 41.7 Å². The van der Waals surface area contributed by atoms with Gasteiger partial charge in [0.25, 0.3) is 0 Å². The molecule has 150 valence electrons. The van der Waals surface area contributed by atoms with Crippen LogP contribution < -0.4 is 15.0 Å². The summed E-state index contributed by atoms with van der Waals surface area (Å²) in [5.41, 5.74) is 5.13. The van der Waals surface area contributed by atoms with Gasteiger partial charge >= 0.3 is 0 Å². The fourth-order valence-corrected chi connectivity index (χ4v) is 4.74. The van der Waals surface area contributed by atoms with Crippen LogP contribution in [0.1, 0.15) is 57.1 Å². The molecular formula is C23H32N4O. The highest BCUT2D eigenvalue weighted by atomic mass is 16.5. The molecule has 5 rings (SSSR count). The van der Waals surface area contributed by atoms with E-state index in [1.807, 2.05) is 6.20 Å². The van der Waals surface area contributed by atoms with Gasteiger partial charge < -0.3 is 15.0 Å². The Morgan fingerprint density at radius 1 is 1.11 bits per heavy atom. The zero-order valence-electron chi connectivity index (χ0n) is 17.2. The standard InChI is InChI=1S/C23H32N4O/c1-16-6-7-21-22(26(16)2)9-8-20(23(21)28-19-4-3-5-19)17-14-25-27(15-17)18-10-12-24-13-11-18/h8-9,14-16,18-19,24H,3-7,10-13H2,1-2H3. The summed E-state index contributed by atoms with van der Waals surface area (Å²) in [5.74, 6) is 1.12. The van der Waals surface area contributed by atoms with Gasteiger partial charge in [0.05, 0.1) is 18.3 Å². The largest absolute Gasteiger partial charge is 0.489 e. The van der Waals surface area contributed by atoms with Crippen LogP contribution in [0.5, 0.6) is 5.75 Å². The molecule has 1 unspecified atom stereocenters. The first-order valence-corrected chi connectivity index (χ1v) is 11.0. The maximum atomic E-state index is 6.60. The minimum Gasteiger partial charge on any atom is -0.489 e. The van der Waals surface area contributed by atoms with Crippen LogP contribution in [0, 0.1) is 0 Å². The van der Waals surface area contributed by atoms with E-state index < -0.39 is 0 Å². The molecule has 28 heavy (non-hydrogen) atoms. The molecule has 3 aliphatic rings. The van der Waals surface area contributed by atoms with Gasteiger partial charge in [-0.05, 0) is 77.1 Å². The molecule has 0 spiro atoms. The highest BCUT2D eigenvalue weighted by Gasteiger charge is 2.29. The molecule has 5 heteroatoms. The van der Waals surface area contributed by atoms with Crippen molar-refractivity contribution in [2.45, 2.75) is 70.1 Å². The van der Waals surface area contributed by atoms with Crippen molar-refractivity contribution in [3.05, 3.63) is 30.1 Å². The van der Waals surface area contributed by atoms with Gasteiger partial charge in [0.1, 0.15) is 5.75 Å². The van der Waals surface area contributed by atoms with E-state index in [4.69, 9.17) is 9.84 Å². The second-order valence-electron chi connectivity index (χ2n) is 8.80. The fraction of sp³-hybridized carbons (Fsp3) is 0.609. The van der Waals surface area contributed by atoms with Gasteiger partial charge in [0.15, 0.2) is 0 Å². The van der Waals surface area contributed by atoms with Crippen LogP contribution in [-0.4, -0.2) is 42.1 Å². The number of nitrogens with one attached hydrogen (secondary N) is 1. The van der Waals surface area contributed by atoms with E-state index in [9.17, 15) is 0 Å². The molecule has 2 aromatic rings. The van der Waals surface area contributed by atoms with Crippen LogP contribution >= 0.6 is 0 Å². The van der Waals surface area contributed by atoms with Crippen molar-refractivity contribution >= 4 is 5.69 Å². The number of piperidine rings is 1. The number of hydrogen-bond donors (Lipinski definition) is 1. The Morgan fingerprint density at radius 2 is 1.93 bits per heavy atom. The van der Waals surface area contributed by atoms with E-state index >= 15 is 0 Å². The summed E-state index contributed by atoms with van der Waals surface area (Å²) >= 11 is 0. The molecule has 2 fully saturated rings. The Morgan fingerprint density at radius 3 is 2.68 bits per heavy atom. The average Bonchev–Trinajstić information content (AvgIpc) is 3.18. The Kier molecular flexibility index (Phi) is 4.79. The Bertz CT molecular complexity index is 835. The summed E-state index contributed by atoms with van der Waals surface area (Å²) in [6, 6.07) is 5.63. The lowest BCUT2D eigenvalue weighted by Crippen LogP contribution is -2.34. The maximum Gasteiger partial charge on any atom is 0.132 e. The molecule has 1 N–H and O–H groups in total. The first kappa shape index (κ1) is 18.0. The lowest BCUT2D eigenvalue weighted by atomic mass is 9.91. The summed E-state index contributed by atoms with van der Waals surface area (Å²) in [5, 5.41) is 8.18. The third kappa shape index (κ3) is 3.20. The molecule has 3 heterocycles. The molecule has 1 atom stereocenters. The van der Waals surface area contributed by atoms with Crippen molar-refractivity contribution < 1.29 is 4.74 Å². The van der Waals surface area contributed by atoms with Gasteiger partial charge in [-0.15, -0.1) is 0 Å². The topological polar surface area (TPSA) is 42.3 Å². The number of anilines is 1.